The summed E-state index contributed by atoms with van der Waals surface area (Å²) in [6.45, 7) is 2.44. The van der Waals surface area contributed by atoms with E-state index in [1.165, 1.54) is 12.1 Å². The Morgan fingerprint density at radius 3 is 2.46 bits per heavy atom. The number of piperidine rings is 1. The van der Waals surface area contributed by atoms with E-state index in [1.807, 2.05) is 6.92 Å². The van der Waals surface area contributed by atoms with Gasteiger partial charge in [-0.05, 0) is 43.9 Å². The number of benzene rings is 1. The monoisotopic (exact) mass is 353 g/mol. The van der Waals surface area contributed by atoms with Crippen LogP contribution in [0.3, 0.4) is 0 Å². The SMILES string of the molecule is C[C@H]1CCCCN1C(=O)COC(=O)c1ccc(CS(C)(=O)=O)cc1. The number of likely N-dealkylation sites (tertiary alicyclic amines) is 1. The summed E-state index contributed by atoms with van der Waals surface area (Å²) in [5.41, 5.74) is 0.902. The third-order valence-corrected chi connectivity index (χ3v) is 4.93. The molecule has 0 aromatic heterocycles. The van der Waals surface area contributed by atoms with E-state index < -0.39 is 15.8 Å². The van der Waals surface area contributed by atoms with Crippen LogP contribution < -0.4 is 0 Å². The molecule has 7 heteroatoms. The van der Waals surface area contributed by atoms with Crippen molar-refractivity contribution in [1.82, 2.24) is 4.90 Å². The molecule has 24 heavy (non-hydrogen) atoms. The lowest BCUT2D eigenvalue weighted by Crippen LogP contribution is -2.44. The van der Waals surface area contributed by atoms with Crippen LogP contribution in [0.1, 0.15) is 42.1 Å². The third kappa shape index (κ3) is 5.33. The molecule has 1 amide bonds. The molecule has 0 saturated carbocycles. The van der Waals surface area contributed by atoms with Crippen molar-refractivity contribution in [1.29, 1.82) is 0 Å². The van der Waals surface area contributed by atoms with Crippen molar-refractivity contribution in [3.8, 4) is 0 Å². The van der Waals surface area contributed by atoms with Crippen LogP contribution in [0.2, 0.25) is 0 Å². The number of carbonyl (C=O) groups is 2. The maximum Gasteiger partial charge on any atom is 0.338 e. The Kier molecular flexibility index (Phi) is 5.99. The molecule has 1 heterocycles. The molecule has 1 aromatic rings. The van der Waals surface area contributed by atoms with Gasteiger partial charge in [0, 0.05) is 18.8 Å². The van der Waals surface area contributed by atoms with Crippen molar-refractivity contribution in [2.24, 2.45) is 0 Å². The number of hydrogen-bond donors (Lipinski definition) is 0. The minimum atomic E-state index is -3.12. The van der Waals surface area contributed by atoms with Crippen LogP contribution in [0.15, 0.2) is 24.3 Å². The predicted octanol–water partition coefficient (Wildman–Crippen LogP) is 1.79. The number of esters is 1. The highest BCUT2D eigenvalue weighted by atomic mass is 32.2. The number of rotatable bonds is 5. The summed E-state index contributed by atoms with van der Waals surface area (Å²) in [5.74, 6) is -0.837. The Morgan fingerprint density at radius 2 is 1.88 bits per heavy atom. The fraction of sp³-hybridized carbons (Fsp3) is 0.529. The van der Waals surface area contributed by atoms with Gasteiger partial charge >= 0.3 is 5.97 Å². The minimum Gasteiger partial charge on any atom is -0.452 e. The van der Waals surface area contributed by atoms with E-state index in [4.69, 9.17) is 4.74 Å². The quantitative estimate of drug-likeness (QED) is 0.754. The van der Waals surface area contributed by atoms with Gasteiger partial charge < -0.3 is 9.64 Å². The summed E-state index contributed by atoms with van der Waals surface area (Å²) in [4.78, 5) is 25.9. The highest BCUT2D eigenvalue weighted by molar-refractivity contribution is 7.89. The van der Waals surface area contributed by atoms with E-state index in [0.29, 0.717) is 17.7 Å². The second kappa shape index (κ2) is 7.79. The largest absolute Gasteiger partial charge is 0.452 e. The molecule has 0 bridgehead atoms. The molecule has 0 spiro atoms. The van der Waals surface area contributed by atoms with E-state index >= 15 is 0 Å². The highest BCUT2D eigenvalue weighted by Crippen LogP contribution is 2.16. The Bertz CT molecular complexity index is 696. The summed E-state index contributed by atoms with van der Waals surface area (Å²) in [7, 11) is -3.12. The Balaban J connectivity index is 1.89. The van der Waals surface area contributed by atoms with Crippen LogP contribution in [0.25, 0.3) is 0 Å². The normalized spacial score (nSPS) is 18.2. The summed E-state index contributed by atoms with van der Waals surface area (Å²) in [6, 6.07) is 6.35. The van der Waals surface area contributed by atoms with E-state index in [-0.39, 0.29) is 24.3 Å². The average Bonchev–Trinajstić information content (AvgIpc) is 2.52. The number of ether oxygens (including phenoxy) is 1. The molecule has 2 rings (SSSR count). The number of hydrogen-bond acceptors (Lipinski definition) is 5. The van der Waals surface area contributed by atoms with Crippen molar-refractivity contribution in [3.63, 3.8) is 0 Å². The average molecular weight is 353 g/mol. The smallest absolute Gasteiger partial charge is 0.338 e. The molecular formula is C17H23NO5S. The van der Waals surface area contributed by atoms with Crippen LogP contribution in [-0.4, -0.2) is 50.6 Å². The van der Waals surface area contributed by atoms with Crippen LogP contribution in [0, 0.1) is 0 Å². The van der Waals surface area contributed by atoms with Gasteiger partial charge in [-0.2, -0.15) is 0 Å². The first-order valence-electron chi connectivity index (χ1n) is 7.99. The van der Waals surface area contributed by atoms with Crippen LogP contribution in [-0.2, 0) is 25.1 Å². The summed E-state index contributed by atoms with van der Waals surface area (Å²) >= 11 is 0. The van der Waals surface area contributed by atoms with E-state index in [9.17, 15) is 18.0 Å². The lowest BCUT2D eigenvalue weighted by atomic mass is 10.0. The van der Waals surface area contributed by atoms with Crippen molar-refractivity contribution >= 4 is 21.7 Å². The molecule has 0 unspecified atom stereocenters. The molecule has 1 aromatic carbocycles. The molecule has 1 saturated heterocycles. The second-order valence-electron chi connectivity index (χ2n) is 6.28. The van der Waals surface area contributed by atoms with E-state index in [1.54, 1.807) is 17.0 Å². The zero-order valence-electron chi connectivity index (χ0n) is 14.0. The number of carbonyl (C=O) groups excluding carboxylic acids is 2. The molecule has 132 valence electrons. The zero-order chi connectivity index (χ0) is 17.7. The first-order chi connectivity index (χ1) is 11.3. The van der Waals surface area contributed by atoms with Gasteiger partial charge in [0.25, 0.3) is 5.91 Å². The molecular weight excluding hydrogens is 330 g/mol. The van der Waals surface area contributed by atoms with Crippen LogP contribution in [0.4, 0.5) is 0 Å². The lowest BCUT2D eigenvalue weighted by Gasteiger charge is -2.33. The second-order valence-corrected chi connectivity index (χ2v) is 8.42. The van der Waals surface area contributed by atoms with Gasteiger partial charge in [0.15, 0.2) is 16.4 Å². The van der Waals surface area contributed by atoms with Crippen LogP contribution >= 0.6 is 0 Å². The molecule has 6 nitrogen and oxygen atoms in total. The first-order valence-corrected chi connectivity index (χ1v) is 10.1. The number of amides is 1. The van der Waals surface area contributed by atoms with Crippen molar-refractivity contribution < 1.29 is 22.7 Å². The molecule has 1 aliphatic rings. The molecule has 1 atom stereocenters. The third-order valence-electron chi connectivity index (χ3n) is 4.07. The summed E-state index contributed by atoms with van der Waals surface area (Å²) in [5, 5.41) is 0. The van der Waals surface area contributed by atoms with Gasteiger partial charge in [0.1, 0.15) is 0 Å². The maximum absolute atomic E-state index is 12.1. The number of sulfone groups is 1. The van der Waals surface area contributed by atoms with Gasteiger partial charge in [-0.1, -0.05) is 12.1 Å². The van der Waals surface area contributed by atoms with Crippen LogP contribution in [0.5, 0.6) is 0 Å². The Hall–Kier alpha value is -1.89. The van der Waals surface area contributed by atoms with Gasteiger partial charge in [0.05, 0.1) is 11.3 Å². The highest BCUT2D eigenvalue weighted by Gasteiger charge is 2.24. The lowest BCUT2D eigenvalue weighted by molar-refractivity contribution is -0.137. The van der Waals surface area contributed by atoms with Crippen molar-refractivity contribution in [3.05, 3.63) is 35.4 Å². The topological polar surface area (TPSA) is 80.8 Å². The molecule has 0 N–H and O–H groups in total. The first kappa shape index (κ1) is 18.4. The molecule has 0 aliphatic carbocycles. The Labute approximate surface area is 142 Å². The molecule has 1 aliphatic heterocycles. The number of nitrogens with zero attached hydrogens (tertiary/aromatic N) is 1. The van der Waals surface area contributed by atoms with Gasteiger partial charge in [0.2, 0.25) is 0 Å². The maximum atomic E-state index is 12.1. The van der Waals surface area contributed by atoms with Gasteiger partial charge in [-0.3, -0.25) is 4.79 Å². The minimum absolute atomic E-state index is 0.0757. The van der Waals surface area contributed by atoms with E-state index in [2.05, 4.69) is 0 Å². The fourth-order valence-corrected chi connectivity index (χ4v) is 3.60. The summed E-state index contributed by atoms with van der Waals surface area (Å²) < 4.78 is 27.6. The van der Waals surface area contributed by atoms with Gasteiger partial charge in [-0.25, -0.2) is 13.2 Å². The standard InChI is InChI=1S/C17H23NO5S/c1-13-5-3-4-10-18(13)16(19)11-23-17(20)15-8-6-14(7-9-15)12-24(2,21)22/h6-9,13H,3-5,10-12H2,1-2H3/t13-/m0/s1. The predicted molar refractivity (Wildman–Crippen MR) is 90.3 cm³/mol. The zero-order valence-corrected chi connectivity index (χ0v) is 14.8. The fourth-order valence-electron chi connectivity index (χ4n) is 2.80. The molecule has 0 radical (unpaired) electrons. The molecule has 1 fully saturated rings. The van der Waals surface area contributed by atoms with E-state index in [0.717, 1.165) is 25.5 Å². The van der Waals surface area contributed by atoms with Crippen molar-refractivity contribution in [2.45, 2.75) is 38.0 Å². The Morgan fingerprint density at radius 1 is 1.21 bits per heavy atom. The van der Waals surface area contributed by atoms with Crippen molar-refractivity contribution in [2.75, 3.05) is 19.4 Å². The summed E-state index contributed by atoms with van der Waals surface area (Å²) in [6.07, 6.45) is 4.22. The van der Waals surface area contributed by atoms with Gasteiger partial charge in [-0.15, -0.1) is 0 Å².